The predicted octanol–water partition coefficient (Wildman–Crippen LogP) is 4.67. The lowest BCUT2D eigenvalue weighted by molar-refractivity contribution is 0.897. The van der Waals surface area contributed by atoms with Gasteiger partial charge in [0.15, 0.2) is 0 Å². The minimum atomic E-state index is 0.826. The van der Waals surface area contributed by atoms with Crippen LogP contribution in [0.15, 0.2) is 9.81 Å². The second-order valence-electron chi connectivity index (χ2n) is 3.59. The van der Waals surface area contributed by atoms with E-state index in [9.17, 15) is 0 Å². The molecule has 0 fully saturated rings. The van der Waals surface area contributed by atoms with Crippen LogP contribution in [-0.4, -0.2) is 11.0 Å². The summed E-state index contributed by atoms with van der Waals surface area (Å²) >= 11 is 4.22. The zero-order chi connectivity index (χ0) is 9.68. The summed E-state index contributed by atoms with van der Waals surface area (Å²) in [5, 5.41) is 0.826. The Morgan fingerprint density at radius 1 is 1.15 bits per heavy atom. The Balaban J connectivity index is 2.62. The van der Waals surface area contributed by atoms with Crippen molar-refractivity contribution < 1.29 is 0 Å². The molecule has 0 nitrogen and oxygen atoms in total. The van der Waals surface area contributed by atoms with Crippen LogP contribution < -0.4 is 0 Å². The van der Waals surface area contributed by atoms with Gasteiger partial charge < -0.3 is 0 Å². The Labute approximate surface area is 90.9 Å². The summed E-state index contributed by atoms with van der Waals surface area (Å²) < 4.78 is 0. The number of thioether (sulfide) groups is 2. The van der Waals surface area contributed by atoms with Crippen LogP contribution in [0.5, 0.6) is 0 Å². The third-order valence-electron chi connectivity index (χ3n) is 2.10. The van der Waals surface area contributed by atoms with Crippen molar-refractivity contribution in [3.05, 3.63) is 9.81 Å². The molecule has 1 aliphatic heterocycles. The topological polar surface area (TPSA) is 0 Å². The maximum atomic E-state index is 2.34. The zero-order valence-corrected chi connectivity index (χ0v) is 10.6. The summed E-state index contributed by atoms with van der Waals surface area (Å²) in [6, 6.07) is 0. The molecule has 0 aromatic carbocycles. The molecular formula is C11H20S2. The van der Waals surface area contributed by atoms with Crippen molar-refractivity contribution in [1.29, 1.82) is 0 Å². The van der Waals surface area contributed by atoms with E-state index in [0.717, 1.165) is 5.25 Å². The second kappa shape index (κ2) is 6.02. The van der Waals surface area contributed by atoms with Crippen molar-refractivity contribution in [2.24, 2.45) is 0 Å². The Hall–Kier alpha value is 0.440. The average molecular weight is 216 g/mol. The summed E-state index contributed by atoms with van der Waals surface area (Å²) in [5.41, 5.74) is 0. The first kappa shape index (κ1) is 11.5. The molecule has 0 aromatic rings. The Morgan fingerprint density at radius 2 is 1.77 bits per heavy atom. The standard InChI is InChI=1S/C11H20S2/c1-4-6-10-11(7-5-2)13-9(3)8-12-10/h9H,4-8H2,1-3H3. The molecular weight excluding hydrogens is 196 g/mol. The van der Waals surface area contributed by atoms with Gasteiger partial charge in [-0.3, -0.25) is 0 Å². The van der Waals surface area contributed by atoms with Crippen molar-refractivity contribution in [2.45, 2.75) is 51.7 Å². The lowest BCUT2D eigenvalue weighted by atomic mass is 10.2. The van der Waals surface area contributed by atoms with E-state index in [2.05, 4.69) is 44.3 Å². The summed E-state index contributed by atoms with van der Waals surface area (Å²) in [6.07, 6.45) is 5.20. The smallest absolute Gasteiger partial charge is 0.0157 e. The van der Waals surface area contributed by atoms with Crippen molar-refractivity contribution >= 4 is 23.5 Å². The van der Waals surface area contributed by atoms with Gasteiger partial charge in [-0.05, 0) is 22.7 Å². The van der Waals surface area contributed by atoms with Crippen molar-refractivity contribution in [3.8, 4) is 0 Å². The predicted molar refractivity (Wildman–Crippen MR) is 66.4 cm³/mol. The molecule has 1 heterocycles. The molecule has 76 valence electrons. The van der Waals surface area contributed by atoms with E-state index < -0.39 is 0 Å². The van der Waals surface area contributed by atoms with Crippen LogP contribution in [0.2, 0.25) is 0 Å². The first-order valence-corrected chi connectivity index (χ1v) is 7.15. The Morgan fingerprint density at radius 3 is 2.38 bits per heavy atom. The van der Waals surface area contributed by atoms with E-state index in [1.165, 1.54) is 31.4 Å². The number of allylic oxidation sites excluding steroid dienone is 2. The number of rotatable bonds is 4. The molecule has 0 radical (unpaired) electrons. The normalized spacial score (nSPS) is 23.8. The molecule has 2 heteroatoms. The summed E-state index contributed by atoms with van der Waals surface area (Å²) in [5.74, 6) is 1.31. The van der Waals surface area contributed by atoms with Crippen molar-refractivity contribution in [1.82, 2.24) is 0 Å². The maximum absolute atomic E-state index is 2.34. The average Bonchev–Trinajstić information content (AvgIpc) is 2.10. The molecule has 0 spiro atoms. The molecule has 1 rings (SSSR count). The van der Waals surface area contributed by atoms with Crippen LogP contribution >= 0.6 is 23.5 Å². The van der Waals surface area contributed by atoms with Crippen molar-refractivity contribution in [2.75, 3.05) is 5.75 Å². The Kier molecular flexibility index (Phi) is 5.34. The third kappa shape index (κ3) is 3.59. The van der Waals surface area contributed by atoms with Crippen LogP contribution in [0, 0.1) is 0 Å². The molecule has 0 aliphatic carbocycles. The maximum Gasteiger partial charge on any atom is 0.0157 e. The fraction of sp³-hybridized carbons (Fsp3) is 0.818. The van der Waals surface area contributed by atoms with Crippen LogP contribution in [-0.2, 0) is 0 Å². The van der Waals surface area contributed by atoms with E-state index in [4.69, 9.17) is 0 Å². The fourth-order valence-corrected chi connectivity index (χ4v) is 4.39. The lowest BCUT2D eigenvalue weighted by Crippen LogP contribution is -2.07. The van der Waals surface area contributed by atoms with Crippen LogP contribution in [0.25, 0.3) is 0 Å². The quantitative estimate of drug-likeness (QED) is 0.670. The Bertz CT molecular complexity index is 185. The highest BCUT2D eigenvalue weighted by Crippen LogP contribution is 2.42. The van der Waals surface area contributed by atoms with E-state index in [1.807, 2.05) is 0 Å². The molecule has 13 heavy (non-hydrogen) atoms. The summed E-state index contributed by atoms with van der Waals surface area (Å²) in [4.78, 5) is 3.38. The molecule has 0 aromatic heterocycles. The van der Waals surface area contributed by atoms with Crippen molar-refractivity contribution in [3.63, 3.8) is 0 Å². The highest BCUT2D eigenvalue weighted by Gasteiger charge is 2.17. The highest BCUT2D eigenvalue weighted by atomic mass is 32.2. The minimum absolute atomic E-state index is 0.826. The molecule has 0 saturated carbocycles. The molecule has 0 bridgehead atoms. The first-order valence-electron chi connectivity index (χ1n) is 5.29. The van der Waals surface area contributed by atoms with Gasteiger partial charge >= 0.3 is 0 Å². The molecule has 0 N–H and O–H groups in total. The van der Waals surface area contributed by atoms with E-state index >= 15 is 0 Å². The van der Waals surface area contributed by atoms with Gasteiger partial charge in [0.05, 0.1) is 0 Å². The molecule has 0 amide bonds. The molecule has 1 aliphatic rings. The molecule has 0 saturated heterocycles. The van der Waals surface area contributed by atoms with Gasteiger partial charge in [-0.1, -0.05) is 33.6 Å². The number of hydrogen-bond donors (Lipinski definition) is 0. The zero-order valence-electron chi connectivity index (χ0n) is 8.93. The van der Waals surface area contributed by atoms with E-state index in [-0.39, 0.29) is 0 Å². The van der Waals surface area contributed by atoms with Gasteiger partial charge in [0, 0.05) is 11.0 Å². The minimum Gasteiger partial charge on any atom is -0.129 e. The van der Waals surface area contributed by atoms with Gasteiger partial charge in [-0.25, -0.2) is 0 Å². The lowest BCUT2D eigenvalue weighted by Gasteiger charge is -2.23. The van der Waals surface area contributed by atoms with E-state index in [1.54, 1.807) is 9.81 Å². The molecule has 1 atom stereocenters. The van der Waals surface area contributed by atoms with Gasteiger partial charge in [-0.15, -0.1) is 23.5 Å². The fourth-order valence-electron chi connectivity index (χ4n) is 1.51. The van der Waals surface area contributed by atoms with Gasteiger partial charge in [-0.2, -0.15) is 0 Å². The monoisotopic (exact) mass is 216 g/mol. The largest absolute Gasteiger partial charge is 0.129 e. The van der Waals surface area contributed by atoms with E-state index in [0.29, 0.717) is 0 Å². The van der Waals surface area contributed by atoms with Crippen LogP contribution in [0.3, 0.4) is 0 Å². The van der Waals surface area contributed by atoms with Gasteiger partial charge in [0.2, 0.25) is 0 Å². The SMILES string of the molecule is CCCC1=C(CCC)SC(C)CS1. The number of hydrogen-bond acceptors (Lipinski definition) is 2. The van der Waals surface area contributed by atoms with Crippen LogP contribution in [0.4, 0.5) is 0 Å². The van der Waals surface area contributed by atoms with Gasteiger partial charge in [0.1, 0.15) is 0 Å². The second-order valence-corrected chi connectivity index (χ2v) is 6.23. The summed E-state index contributed by atoms with van der Waals surface area (Å²) in [6.45, 7) is 6.90. The van der Waals surface area contributed by atoms with Crippen LogP contribution in [0.1, 0.15) is 46.5 Å². The third-order valence-corrected chi connectivity index (χ3v) is 5.21. The highest BCUT2D eigenvalue weighted by molar-refractivity contribution is 8.10. The summed E-state index contributed by atoms with van der Waals surface area (Å²) in [7, 11) is 0. The van der Waals surface area contributed by atoms with Gasteiger partial charge in [0.25, 0.3) is 0 Å². The molecule has 1 unspecified atom stereocenters. The first-order chi connectivity index (χ1) is 6.27.